The number of halogens is 4. The van der Waals surface area contributed by atoms with E-state index >= 15 is 0 Å². The lowest BCUT2D eigenvalue weighted by Crippen LogP contribution is -2.39. The number of sulfonamides is 1. The minimum Gasteiger partial charge on any atom is -0.208 e. The van der Waals surface area contributed by atoms with Crippen molar-refractivity contribution in [1.29, 1.82) is 0 Å². The molecule has 0 saturated heterocycles. The van der Waals surface area contributed by atoms with Gasteiger partial charge in [-0.25, -0.2) is 13.1 Å². The quantitative estimate of drug-likeness (QED) is 0.812. The van der Waals surface area contributed by atoms with Gasteiger partial charge in [-0.1, -0.05) is 36.2 Å². The molecular formula is C17H15ClF3NO2S. The zero-order valence-corrected chi connectivity index (χ0v) is 14.5. The fourth-order valence-corrected chi connectivity index (χ4v) is 4.16. The van der Waals surface area contributed by atoms with Crippen molar-refractivity contribution in [2.75, 3.05) is 0 Å². The molecule has 1 aliphatic rings. The molecule has 0 bridgehead atoms. The standard InChI is InChI=1S/C17H15ClF3NO2S/c18-16-10-12(6-9-15(16)17(19,20)21)11-4-7-14(8-5-11)25(23,24)22-13-2-1-3-13/h4-10,13,22H,1-3H2. The van der Waals surface area contributed by atoms with E-state index in [1.807, 2.05) is 0 Å². The fourth-order valence-electron chi connectivity index (χ4n) is 2.56. The molecule has 0 radical (unpaired) electrons. The van der Waals surface area contributed by atoms with E-state index in [0.717, 1.165) is 25.3 Å². The van der Waals surface area contributed by atoms with Crippen molar-refractivity contribution >= 4 is 21.6 Å². The van der Waals surface area contributed by atoms with Gasteiger partial charge in [0, 0.05) is 6.04 Å². The predicted molar refractivity (Wildman–Crippen MR) is 89.9 cm³/mol. The molecule has 3 nitrogen and oxygen atoms in total. The number of rotatable bonds is 4. The van der Waals surface area contributed by atoms with E-state index in [1.54, 1.807) is 12.1 Å². The van der Waals surface area contributed by atoms with Crippen LogP contribution < -0.4 is 4.72 Å². The number of nitrogens with one attached hydrogen (secondary N) is 1. The first kappa shape index (κ1) is 18.2. The molecule has 0 aromatic heterocycles. The van der Waals surface area contributed by atoms with Crippen LogP contribution in [0.4, 0.5) is 13.2 Å². The van der Waals surface area contributed by atoms with Crippen molar-refractivity contribution in [2.24, 2.45) is 0 Å². The number of hydrogen-bond donors (Lipinski definition) is 1. The molecule has 0 amide bonds. The summed E-state index contributed by atoms with van der Waals surface area (Å²) in [5.74, 6) is 0. The molecule has 0 heterocycles. The largest absolute Gasteiger partial charge is 0.417 e. The summed E-state index contributed by atoms with van der Waals surface area (Å²) in [6, 6.07) is 9.40. The third-order valence-corrected chi connectivity index (χ3v) is 6.05. The number of benzene rings is 2. The van der Waals surface area contributed by atoms with Crippen LogP contribution in [0.3, 0.4) is 0 Å². The zero-order valence-electron chi connectivity index (χ0n) is 13.0. The third-order valence-electron chi connectivity index (χ3n) is 4.20. The lowest BCUT2D eigenvalue weighted by Gasteiger charge is -2.26. The van der Waals surface area contributed by atoms with Crippen LogP contribution in [0.15, 0.2) is 47.4 Å². The van der Waals surface area contributed by atoms with Gasteiger partial charge in [0.2, 0.25) is 10.0 Å². The Bertz CT molecular complexity index is 876. The van der Waals surface area contributed by atoms with E-state index in [-0.39, 0.29) is 10.9 Å². The predicted octanol–water partition coefficient (Wildman–Crippen LogP) is 4.86. The van der Waals surface area contributed by atoms with Gasteiger partial charge in [0.15, 0.2) is 0 Å². The molecule has 0 unspecified atom stereocenters. The molecule has 2 aromatic rings. The zero-order chi connectivity index (χ0) is 18.2. The Balaban J connectivity index is 1.84. The fraction of sp³-hybridized carbons (Fsp3) is 0.294. The van der Waals surface area contributed by atoms with Crippen molar-refractivity contribution < 1.29 is 21.6 Å². The highest BCUT2D eigenvalue weighted by Gasteiger charge is 2.33. The van der Waals surface area contributed by atoms with Crippen LogP contribution in [0.25, 0.3) is 11.1 Å². The number of alkyl halides is 3. The lowest BCUT2D eigenvalue weighted by atomic mass is 9.94. The van der Waals surface area contributed by atoms with Gasteiger partial charge in [-0.15, -0.1) is 0 Å². The minimum absolute atomic E-state index is 0.0154. The summed E-state index contributed by atoms with van der Waals surface area (Å²) in [5.41, 5.74) is 0.161. The molecule has 3 rings (SSSR count). The number of hydrogen-bond acceptors (Lipinski definition) is 2. The van der Waals surface area contributed by atoms with Gasteiger partial charge in [0.1, 0.15) is 0 Å². The van der Waals surface area contributed by atoms with E-state index in [2.05, 4.69) is 4.72 Å². The molecule has 0 aliphatic heterocycles. The van der Waals surface area contributed by atoms with Gasteiger partial charge in [-0.2, -0.15) is 13.2 Å². The van der Waals surface area contributed by atoms with Crippen molar-refractivity contribution in [3.05, 3.63) is 53.1 Å². The van der Waals surface area contributed by atoms with Crippen molar-refractivity contribution in [3.63, 3.8) is 0 Å². The second kappa shape index (κ2) is 6.63. The minimum atomic E-state index is -4.51. The topological polar surface area (TPSA) is 46.2 Å². The summed E-state index contributed by atoms with van der Waals surface area (Å²) in [5, 5.41) is -0.395. The van der Waals surface area contributed by atoms with Crippen LogP contribution in [-0.4, -0.2) is 14.5 Å². The first-order valence-corrected chi connectivity index (χ1v) is 9.52. The smallest absolute Gasteiger partial charge is 0.208 e. The summed E-state index contributed by atoms with van der Waals surface area (Å²) in [7, 11) is -3.58. The highest BCUT2D eigenvalue weighted by atomic mass is 35.5. The van der Waals surface area contributed by atoms with E-state index in [9.17, 15) is 21.6 Å². The average Bonchev–Trinajstić information content (AvgIpc) is 2.50. The van der Waals surface area contributed by atoms with Crippen molar-refractivity contribution in [3.8, 4) is 11.1 Å². The molecule has 0 atom stereocenters. The molecule has 25 heavy (non-hydrogen) atoms. The first-order valence-electron chi connectivity index (χ1n) is 7.66. The molecule has 1 fully saturated rings. The molecule has 0 spiro atoms. The maximum Gasteiger partial charge on any atom is 0.417 e. The molecule has 2 aromatic carbocycles. The van der Waals surface area contributed by atoms with Gasteiger partial charge in [0.25, 0.3) is 0 Å². The van der Waals surface area contributed by atoms with Gasteiger partial charge in [-0.3, -0.25) is 0 Å². The Morgan fingerprint density at radius 3 is 2.08 bits per heavy atom. The second-order valence-corrected chi connectivity index (χ2v) is 8.09. The van der Waals surface area contributed by atoms with Gasteiger partial charge >= 0.3 is 6.18 Å². The van der Waals surface area contributed by atoms with Crippen LogP contribution in [-0.2, 0) is 16.2 Å². The van der Waals surface area contributed by atoms with Gasteiger partial charge in [0.05, 0.1) is 15.5 Å². The molecule has 8 heteroatoms. The van der Waals surface area contributed by atoms with Gasteiger partial charge in [-0.05, 0) is 48.2 Å². The SMILES string of the molecule is O=S(=O)(NC1CCC1)c1ccc(-c2ccc(C(F)(F)F)c(Cl)c2)cc1. The van der Waals surface area contributed by atoms with Crippen LogP contribution >= 0.6 is 11.6 Å². The first-order chi connectivity index (χ1) is 11.7. The Morgan fingerprint density at radius 2 is 1.60 bits per heavy atom. The van der Waals surface area contributed by atoms with E-state index in [1.165, 1.54) is 24.3 Å². The van der Waals surface area contributed by atoms with Crippen LogP contribution in [0, 0.1) is 0 Å². The Morgan fingerprint density at radius 1 is 1.00 bits per heavy atom. The molecule has 1 N–H and O–H groups in total. The average molecular weight is 390 g/mol. The van der Waals surface area contributed by atoms with Crippen LogP contribution in [0.2, 0.25) is 5.02 Å². The Hall–Kier alpha value is -1.57. The summed E-state index contributed by atoms with van der Waals surface area (Å²) >= 11 is 5.72. The van der Waals surface area contributed by atoms with E-state index < -0.39 is 26.8 Å². The van der Waals surface area contributed by atoms with Crippen molar-refractivity contribution in [2.45, 2.75) is 36.4 Å². The summed E-state index contributed by atoms with van der Waals surface area (Å²) in [4.78, 5) is 0.126. The Kier molecular flexibility index (Phi) is 4.83. The summed E-state index contributed by atoms with van der Waals surface area (Å²) in [6.07, 6.45) is -1.83. The molecule has 134 valence electrons. The maximum absolute atomic E-state index is 12.7. The molecule has 1 aliphatic carbocycles. The normalized spacial score (nSPS) is 15.8. The highest BCUT2D eigenvalue weighted by molar-refractivity contribution is 7.89. The van der Waals surface area contributed by atoms with Gasteiger partial charge < -0.3 is 0 Å². The third kappa shape index (κ3) is 3.99. The lowest BCUT2D eigenvalue weighted by molar-refractivity contribution is -0.137. The monoisotopic (exact) mass is 389 g/mol. The molecular weight excluding hydrogens is 375 g/mol. The van der Waals surface area contributed by atoms with Crippen LogP contribution in [0.5, 0.6) is 0 Å². The van der Waals surface area contributed by atoms with E-state index in [4.69, 9.17) is 11.6 Å². The summed E-state index contributed by atoms with van der Waals surface area (Å²) in [6.45, 7) is 0. The van der Waals surface area contributed by atoms with Crippen molar-refractivity contribution in [1.82, 2.24) is 4.72 Å². The van der Waals surface area contributed by atoms with Crippen LogP contribution in [0.1, 0.15) is 24.8 Å². The summed E-state index contributed by atoms with van der Waals surface area (Å²) < 4.78 is 65.3. The second-order valence-electron chi connectivity index (χ2n) is 5.97. The highest BCUT2D eigenvalue weighted by Crippen LogP contribution is 2.36. The molecule has 1 saturated carbocycles. The van der Waals surface area contributed by atoms with E-state index in [0.29, 0.717) is 11.1 Å². The maximum atomic E-state index is 12.7. The Labute approximate surface area is 148 Å².